The summed E-state index contributed by atoms with van der Waals surface area (Å²) in [5.41, 5.74) is 3.02. The van der Waals surface area contributed by atoms with Gasteiger partial charge in [-0.15, -0.1) is 0 Å². The number of piperidine rings is 1. The van der Waals surface area contributed by atoms with Crippen molar-refractivity contribution < 1.29 is 13.2 Å². The molecule has 2 aromatic carbocycles. The van der Waals surface area contributed by atoms with Crippen molar-refractivity contribution in [3.63, 3.8) is 0 Å². The van der Waals surface area contributed by atoms with E-state index in [1.807, 2.05) is 61.5 Å². The highest BCUT2D eigenvalue weighted by molar-refractivity contribution is 7.88. The zero-order chi connectivity index (χ0) is 22.4. The molecule has 5 nitrogen and oxygen atoms in total. The van der Waals surface area contributed by atoms with Crippen molar-refractivity contribution in [2.45, 2.75) is 51.8 Å². The van der Waals surface area contributed by atoms with E-state index < -0.39 is 10.0 Å². The lowest BCUT2D eigenvalue weighted by Gasteiger charge is -2.32. The van der Waals surface area contributed by atoms with E-state index in [0.717, 1.165) is 23.1 Å². The topological polar surface area (TPSA) is 66.5 Å². The number of hydrogen-bond acceptors (Lipinski definition) is 3. The van der Waals surface area contributed by atoms with Crippen LogP contribution in [0, 0.1) is 18.8 Å². The smallest absolute Gasteiger partial charge is 0.223 e. The predicted octanol–water partition coefficient (Wildman–Crippen LogP) is 4.44. The largest absolute Gasteiger partial charge is 0.349 e. The van der Waals surface area contributed by atoms with Crippen molar-refractivity contribution in [1.29, 1.82) is 0 Å². The molecule has 0 aromatic heterocycles. The van der Waals surface area contributed by atoms with Gasteiger partial charge in [0.05, 0.1) is 11.8 Å². The van der Waals surface area contributed by atoms with E-state index in [9.17, 15) is 13.2 Å². The van der Waals surface area contributed by atoms with E-state index in [2.05, 4.69) is 19.2 Å². The first-order valence-electron chi connectivity index (χ1n) is 11.1. The zero-order valence-corrected chi connectivity index (χ0v) is 19.6. The standard InChI is InChI=1S/C25H34N2O3S/c1-19(2)17-24(22-7-5-4-6-8-22)26-25(28)23-13-15-27(16-14-23)31(29,30)18-21-11-9-20(3)10-12-21/h4-12,19,23-24H,13-18H2,1-3H3,(H,26,28)/t24-/m1/s1. The van der Waals surface area contributed by atoms with Gasteiger partial charge in [0.2, 0.25) is 15.9 Å². The molecular formula is C25H34N2O3S. The Balaban J connectivity index is 1.57. The predicted molar refractivity (Wildman–Crippen MR) is 125 cm³/mol. The molecule has 1 heterocycles. The molecule has 1 amide bonds. The summed E-state index contributed by atoms with van der Waals surface area (Å²) in [6, 6.07) is 17.6. The van der Waals surface area contributed by atoms with Gasteiger partial charge in [-0.25, -0.2) is 12.7 Å². The van der Waals surface area contributed by atoms with E-state index in [1.165, 1.54) is 0 Å². The van der Waals surface area contributed by atoms with Gasteiger partial charge in [0.25, 0.3) is 0 Å². The molecule has 1 saturated heterocycles. The SMILES string of the molecule is Cc1ccc(CS(=O)(=O)N2CCC(C(=O)N[C@H](CC(C)C)c3ccccc3)CC2)cc1. The Hall–Kier alpha value is -2.18. The van der Waals surface area contributed by atoms with Crippen LogP contribution in [0.3, 0.4) is 0 Å². The van der Waals surface area contributed by atoms with Crippen LogP contribution in [-0.4, -0.2) is 31.7 Å². The Bertz CT molecular complexity index is 948. The molecule has 2 aromatic rings. The molecule has 0 bridgehead atoms. The Morgan fingerprint density at radius 1 is 1.03 bits per heavy atom. The second-order valence-corrected chi connectivity index (χ2v) is 11.0. The van der Waals surface area contributed by atoms with Crippen molar-refractivity contribution in [2.24, 2.45) is 11.8 Å². The lowest BCUT2D eigenvalue weighted by atomic mass is 9.93. The summed E-state index contributed by atoms with van der Waals surface area (Å²) < 4.78 is 27.2. The maximum atomic E-state index is 13.0. The summed E-state index contributed by atoms with van der Waals surface area (Å²) in [7, 11) is -3.38. The number of carbonyl (C=O) groups excluding carboxylic acids is 1. The second-order valence-electron chi connectivity index (χ2n) is 9.02. The summed E-state index contributed by atoms with van der Waals surface area (Å²) >= 11 is 0. The molecule has 1 aliphatic heterocycles. The zero-order valence-electron chi connectivity index (χ0n) is 18.8. The molecule has 0 unspecified atom stereocenters. The van der Waals surface area contributed by atoms with Crippen LogP contribution in [0.4, 0.5) is 0 Å². The number of rotatable bonds is 8. The van der Waals surface area contributed by atoms with Crippen molar-refractivity contribution in [3.05, 3.63) is 71.3 Å². The average molecular weight is 443 g/mol. The highest BCUT2D eigenvalue weighted by Gasteiger charge is 2.32. The lowest BCUT2D eigenvalue weighted by Crippen LogP contribution is -2.44. The summed E-state index contributed by atoms with van der Waals surface area (Å²) in [4.78, 5) is 13.0. The average Bonchev–Trinajstić information content (AvgIpc) is 2.75. The van der Waals surface area contributed by atoms with Crippen LogP contribution < -0.4 is 5.32 Å². The monoisotopic (exact) mass is 442 g/mol. The molecule has 6 heteroatoms. The molecule has 1 N–H and O–H groups in total. The molecule has 0 saturated carbocycles. The maximum Gasteiger partial charge on any atom is 0.223 e. The number of hydrogen-bond donors (Lipinski definition) is 1. The van der Waals surface area contributed by atoms with Crippen LogP contribution in [0.5, 0.6) is 0 Å². The minimum atomic E-state index is -3.38. The van der Waals surface area contributed by atoms with Crippen molar-refractivity contribution >= 4 is 15.9 Å². The molecule has 1 aliphatic rings. The van der Waals surface area contributed by atoms with E-state index >= 15 is 0 Å². The van der Waals surface area contributed by atoms with E-state index in [4.69, 9.17) is 0 Å². The fraction of sp³-hybridized carbons (Fsp3) is 0.480. The van der Waals surface area contributed by atoms with Crippen LogP contribution in [-0.2, 0) is 20.6 Å². The van der Waals surface area contributed by atoms with Crippen LogP contribution in [0.15, 0.2) is 54.6 Å². The summed E-state index contributed by atoms with van der Waals surface area (Å²) in [6.07, 6.45) is 1.99. The minimum absolute atomic E-state index is 0.00854. The normalized spacial score (nSPS) is 16.9. The van der Waals surface area contributed by atoms with Crippen LogP contribution >= 0.6 is 0 Å². The Kier molecular flexibility index (Phi) is 7.89. The molecule has 31 heavy (non-hydrogen) atoms. The van der Waals surface area contributed by atoms with Gasteiger partial charge in [0.1, 0.15) is 0 Å². The Labute approximate surface area is 186 Å². The summed E-state index contributed by atoms with van der Waals surface area (Å²) in [5, 5.41) is 3.23. The maximum absolute atomic E-state index is 13.0. The molecule has 168 valence electrons. The molecule has 0 aliphatic carbocycles. The minimum Gasteiger partial charge on any atom is -0.349 e. The van der Waals surface area contributed by atoms with Gasteiger partial charge < -0.3 is 5.32 Å². The Morgan fingerprint density at radius 2 is 1.65 bits per heavy atom. The van der Waals surface area contributed by atoms with Gasteiger partial charge >= 0.3 is 0 Å². The molecule has 0 spiro atoms. The van der Waals surface area contributed by atoms with Crippen molar-refractivity contribution in [2.75, 3.05) is 13.1 Å². The number of benzene rings is 2. The highest BCUT2D eigenvalue weighted by Crippen LogP contribution is 2.25. The van der Waals surface area contributed by atoms with E-state index in [-0.39, 0.29) is 23.6 Å². The molecule has 3 rings (SSSR count). The van der Waals surface area contributed by atoms with Gasteiger partial charge in [-0.3, -0.25) is 4.79 Å². The molecular weight excluding hydrogens is 408 g/mol. The van der Waals surface area contributed by atoms with Gasteiger partial charge in [-0.1, -0.05) is 74.0 Å². The molecule has 1 fully saturated rings. The first-order valence-corrected chi connectivity index (χ1v) is 12.7. The quantitative estimate of drug-likeness (QED) is 0.657. The van der Waals surface area contributed by atoms with Gasteiger partial charge in [0.15, 0.2) is 0 Å². The summed E-state index contributed by atoms with van der Waals surface area (Å²) in [5.74, 6) is 0.350. The first kappa shape index (κ1) is 23.5. The highest BCUT2D eigenvalue weighted by atomic mass is 32.2. The number of nitrogens with zero attached hydrogens (tertiary/aromatic N) is 1. The van der Waals surface area contributed by atoms with Crippen molar-refractivity contribution in [1.82, 2.24) is 9.62 Å². The first-order chi connectivity index (χ1) is 14.7. The van der Waals surface area contributed by atoms with Gasteiger partial charge in [0, 0.05) is 19.0 Å². The third-order valence-electron chi connectivity index (χ3n) is 5.91. The molecule has 0 radical (unpaired) electrons. The van der Waals surface area contributed by atoms with Crippen molar-refractivity contribution in [3.8, 4) is 0 Å². The van der Waals surface area contributed by atoms with E-state index in [1.54, 1.807) is 4.31 Å². The number of carbonyl (C=O) groups is 1. The number of aryl methyl sites for hydroxylation is 1. The van der Waals surface area contributed by atoms with Gasteiger partial charge in [-0.05, 0) is 43.2 Å². The second kappa shape index (κ2) is 10.4. The lowest BCUT2D eigenvalue weighted by molar-refractivity contribution is -0.127. The molecule has 1 atom stereocenters. The van der Waals surface area contributed by atoms with E-state index in [0.29, 0.717) is 31.8 Å². The third kappa shape index (κ3) is 6.65. The van der Waals surface area contributed by atoms with Crippen LogP contribution in [0.1, 0.15) is 55.8 Å². The number of nitrogens with one attached hydrogen (secondary N) is 1. The number of sulfonamides is 1. The van der Waals surface area contributed by atoms with Crippen LogP contribution in [0.25, 0.3) is 0 Å². The van der Waals surface area contributed by atoms with Gasteiger partial charge in [-0.2, -0.15) is 0 Å². The number of amides is 1. The fourth-order valence-electron chi connectivity index (χ4n) is 4.11. The van der Waals surface area contributed by atoms with Crippen LogP contribution in [0.2, 0.25) is 0 Å². The fourth-order valence-corrected chi connectivity index (χ4v) is 5.67. The third-order valence-corrected chi connectivity index (χ3v) is 7.76. The summed E-state index contributed by atoms with van der Waals surface area (Å²) in [6.45, 7) is 7.08. The Morgan fingerprint density at radius 3 is 2.23 bits per heavy atom.